The van der Waals surface area contributed by atoms with Crippen molar-refractivity contribution in [3.63, 3.8) is 0 Å². The summed E-state index contributed by atoms with van der Waals surface area (Å²) in [6.07, 6.45) is -4.39. The Kier molecular flexibility index (Phi) is 10.7. The van der Waals surface area contributed by atoms with Crippen LogP contribution in [-0.2, 0) is 17.1 Å². The van der Waals surface area contributed by atoms with Gasteiger partial charge in [0.2, 0.25) is 0 Å². The molecule has 0 N–H and O–H groups in total. The van der Waals surface area contributed by atoms with Crippen LogP contribution in [-0.4, -0.2) is 32.4 Å². The number of aryl methyl sites for hydroxylation is 1. The van der Waals surface area contributed by atoms with Crippen molar-refractivity contribution in [2.45, 2.75) is 37.6 Å². The van der Waals surface area contributed by atoms with E-state index in [0.717, 1.165) is 42.2 Å². The number of alkyl halides is 3. The van der Waals surface area contributed by atoms with E-state index in [2.05, 4.69) is 0 Å². The standard InChI is InChI=1S/C34H26F3O2S2.6FH.Sb/c1-23-8-13-28(22-32(23)33(38)24-6-4-3-5-7-24)40-27-14-20-31(21-15-27)41(30-18-11-26(39-2)12-19-30)29-16-9-25(10-17-29)34(35,36)37;;;;;;;/h3-22H,1-2H3;6*1H;/q+1;;;;;;;+5/p-6. The topological polar surface area (TPSA) is 26.3 Å². The van der Waals surface area contributed by atoms with Crippen LogP contribution >= 0.6 is 11.8 Å². The van der Waals surface area contributed by atoms with Crippen molar-refractivity contribution in [1.29, 1.82) is 0 Å². The van der Waals surface area contributed by atoms with Gasteiger partial charge in [0, 0.05) is 20.9 Å². The fourth-order valence-corrected chi connectivity index (χ4v) is 7.23. The zero-order chi connectivity index (χ0) is 35.4. The van der Waals surface area contributed by atoms with E-state index >= 15 is 0 Å². The van der Waals surface area contributed by atoms with Gasteiger partial charge in [-0.05, 0) is 97.4 Å². The molecular formula is C34H26F9O2S2Sb. The van der Waals surface area contributed by atoms with Crippen molar-refractivity contribution >= 4 is 47.9 Å². The summed E-state index contributed by atoms with van der Waals surface area (Å²) in [5.74, 6) is 0.695. The molecule has 0 aliphatic carbocycles. The molecule has 48 heavy (non-hydrogen) atoms. The molecule has 5 aromatic rings. The van der Waals surface area contributed by atoms with Gasteiger partial charge in [-0.25, -0.2) is 0 Å². The molecule has 0 aliphatic rings. The van der Waals surface area contributed by atoms with Crippen LogP contribution in [0.1, 0.15) is 27.0 Å². The van der Waals surface area contributed by atoms with E-state index < -0.39 is 42.1 Å². The molecular weight excluding hydrogens is 797 g/mol. The van der Waals surface area contributed by atoms with Crippen molar-refractivity contribution in [2.75, 3.05) is 7.11 Å². The van der Waals surface area contributed by atoms with Gasteiger partial charge in [0.25, 0.3) is 0 Å². The van der Waals surface area contributed by atoms with E-state index in [4.69, 9.17) is 4.74 Å². The summed E-state index contributed by atoms with van der Waals surface area (Å²) in [5, 5.41) is 0. The number of carbonyl (C=O) groups excluding carboxylic acids is 1. The second kappa shape index (κ2) is 13.8. The molecule has 254 valence electrons. The van der Waals surface area contributed by atoms with Gasteiger partial charge in [0.05, 0.1) is 23.6 Å². The van der Waals surface area contributed by atoms with Crippen LogP contribution < -0.4 is 4.74 Å². The van der Waals surface area contributed by atoms with Gasteiger partial charge >= 0.3 is 42.5 Å². The molecule has 14 heteroatoms. The summed E-state index contributed by atoms with van der Waals surface area (Å²) in [6.45, 7) is 1.93. The summed E-state index contributed by atoms with van der Waals surface area (Å²) >= 11 is -9.70. The van der Waals surface area contributed by atoms with Crippen molar-refractivity contribution < 1.29 is 39.6 Å². The molecule has 0 amide bonds. The van der Waals surface area contributed by atoms with Crippen LogP contribution in [0.5, 0.6) is 5.75 Å². The van der Waals surface area contributed by atoms with Gasteiger partial charge in [-0.1, -0.05) is 48.2 Å². The van der Waals surface area contributed by atoms with Crippen molar-refractivity contribution in [3.05, 3.63) is 144 Å². The minimum absolute atomic E-state index is 0.0130. The van der Waals surface area contributed by atoms with Crippen molar-refractivity contribution in [2.24, 2.45) is 0 Å². The van der Waals surface area contributed by atoms with E-state index in [-0.39, 0.29) is 5.78 Å². The molecule has 1 atom stereocenters. The molecule has 0 spiro atoms. The number of benzene rings is 5. The van der Waals surface area contributed by atoms with E-state index in [1.807, 2.05) is 104 Å². The predicted octanol–water partition coefficient (Wildman–Crippen LogP) is 11.6. The molecule has 0 saturated heterocycles. The Balaban J connectivity index is 0.000000671. The van der Waals surface area contributed by atoms with E-state index in [0.29, 0.717) is 16.9 Å². The van der Waals surface area contributed by atoms with Crippen LogP contribution in [0.2, 0.25) is 0 Å². The molecule has 0 fully saturated rings. The summed E-state index contributed by atoms with van der Waals surface area (Å²) < 4.78 is 105. The maximum absolute atomic E-state index is 13.2. The summed E-state index contributed by atoms with van der Waals surface area (Å²) in [4.78, 5) is 17.8. The van der Waals surface area contributed by atoms with Crippen molar-refractivity contribution in [3.8, 4) is 5.75 Å². The van der Waals surface area contributed by atoms with Gasteiger partial charge < -0.3 is 4.74 Å². The fourth-order valence-electron chi connectivity index (χ4n) is 4.33. The molecule has 0 aromatic heterocycles. The van der Waals surface area contributed by atoms with Crippen LogP contribution in [0.25, 0.3) is 0 Å². The first-order valence-electron chi connectivity index (χ1n) is 13.8. The molecule has 5 rings (SSSR count). The number of ketones is 1. The molecule has 0 aliphatic heterocycles. The zero-order valence-electron chi connectivity index (χ0n) is 25.0. The third-order valence-electron chi connectivity index (χ3n) is 6.50. The zero-order valence-corrected chi connectivity index (χ0v) is 29.2. The van der Waals surface area contributed by atoms with Gasteiger partial charge in [0.1, 0.15) is 5.75 Å². The first-order valence-corrected chi connectivity index (χ1v) is 21.6. The van der Waals surface area contributed by atoms with Gasteiger partial charge in [-0.2, -0.15) is 13.2 Å². The second-order valence-electron chi connectivity index (χ2n) is 10.2. The molecule has 0 heterocycles. The quantitative estimate of drug-likeness (QED) is 0.0675. The SMILES string of the molecule is COc1ccc([S+](c2ccc(Sc3ccc(C)c(C(=O)c4ccccc4)c3)cc2)c2ccc(C(F)(F)F)cc2)cc1.[F][Sb-]([F])([F])([F])([F])[F]. The minimum atomic E-state index is -11.2. The number of carbonyl (C=O) groups is 1. The van der Waals surface area contributed by atoms with Crippen molar-refractivity contribution in [1.82, 2.24) is 0 Å². The molecule has 0 bridgehead atoms. The molecule has 1 unspecified atom stereocenters. The number of hydrogen-bond acceptors (Lipinski definition) is 3. The summed E-state index contributed by atoms with van der Waals surface area (Å²) in [5.41, 5.74) is 1.56. The Morgan fingerprint density at radius 3 is 1.60 bits per heavy atom. The van der Waals surface area contributed by atoms with Crippen LogP contribution in [0.4, 0.5) is 30.0 Å². The Hall–Kier alpha value is -3.54. The Labute approximate surface area is 280 Å². The van der Waals surface area contributed by atoms with E-state index in [9.17, 15) is 34.8 Å². The Morgan fingerprint density at radius 1 is 0.667 bits per heavy atom. The molecule has 0 radical (unpaired) electrons. The summed E-state index contributed by atoms with van der Waals surface area (Å²) in [6, 6.07) is 36.1. The van der Waals surface area contributed by atoms with Crippen LogP contribution in [0, 0.1) is 6.92 Å². The maximum atomic E-state index is 13.2. The number of hydrogen-bond donors (Lipinski definition) is 0. The number of halogens is 9. The predicted molar refractivity (Wildman–Crippen MR) is 171 cm³/mol. The summed E-state index contributed by atoms with van der Waals surface area (Å²) in [7, 11) is 0.967. The average Bonchev–Trinajstić information content (AvgIpc) is 3.02. The normalized spacial score (nSPS) is 13.7. The third kappa shape index (κ3) is 11.6. The Bertz CT molecular complexity index is 1850. The molecule has 5 aromatic carbocycles. The second-order valence-corrected chi connectivity index (χ2v) is 18.9. The molecule has 0 saturated carbocycles. The van der Waals surface area contributed by atoms with Gasteiger partial charge in [0.15, 0.2) is 20.5 Å². The number of rotatable bonds is 8. The average molecular weight is 823 g/mol. The van der Waals surface area contributed by atoms with Crippen LogP contribution in [0.15, 0.2) is 146 Å². The van der Waals surface area contributed by atoms with E-state index in [1.165, 1.54) is 0 Å². The van der Waals surface area contributed by atoms with Gasteiger partial charge in [-0.3, -0.25) is 4.79 Å². The monoisotopic (exact) mass is 822 g/mol. The fraction of sp³-hybridized carbons (Fsp3) is 0.0882. The third-order valence-corrected chi connectivity index (χ3v) is 9.73. The van der Waals surface area contributed by atoms with Gasteiger partial charge in [-0.15, -0.1) is 0 Å². The Morgan fingerprint density at radius 2 is 1.12 bits per heavy atom. The number of methoxy groups -OCH3 is 1. The van der Waals surface area contributed by atoms with Crippen LogP contribution in [0.3, 0.4) is 0 Å². The van der Waals surface area contributed by atoms with E-state index in [1.54, 1.807) is 31.0 Å². The molecule has 2 nitrogen and oxygen atoms in total. The first kappa shape index (κ1) is 37.3. The number of ether oxygens (including phenoxy) is 1. The first-order chi connectivity index (χ1) is 22.2.